The van der Waals surface area contributed by atoms with Crippen molar-refractivity contribution in [1.29, 1.82) is 0 Å². The van der Waals surface area contributed by atoms with E-state index in [2.05, 4.69) is 35.9 Å². The Balaban J connectivity index is 1.52. The van der Waals surface area contributed by atoms with Crippen molar-refractivity contribution in [1.82, 2.24) is 9.97 Å². The molecule has 0 spiro atoms. The molecule has 2 aromatic carbocycles. The quantitative estimate of drug-likeness (QED) is 0.174. The van der Waals surface area contributed by atoms with E-state index in [0.29, 0.717) is 5.69 Å². The molecule has 0 bridgehead atoms. The van der Waals surface area contributed by atoms with Crippen molar-refractivity contribution in [3.05, 3.63) is 77.4 Å². The molecule has 0 saturated carbocycles. The topological polar surface area (TPSA) is 52.1 Å². The standard InChI is InChI=1S/C30H37FN2O2/c1-3-5-7-8-9-11-13-24-16-19-26(27(31)20-24)30(34)35-29-22-32-28(21-33-29)25-17-14-23(15-18-25)12-10-6-4-2/h14-22H,3-13H2,1-2H3. The van der Waals surface area contributed by atoms with Crippen molar-refractivity contribution in [2.75, 3.05) is 0 Å². The van der Waals surface area contributed by atoms with E-state index in [1.165, 1.54) is 68.8 Å². The normalized spacial score (nSPS) is 10.9. The minimum atomic E-state index is -0.771. The van der Waals surface area contributed by atoms with Crippen LogP contribution in [0.3, 0.4) is 0 Å². The van der Waals surface area contributed by atoms with E-state index < -0.39 is 11.8 Å². The Labute approximate surface area is 209 Å². The van der Waals surface area contributed by atoms with Gasteiger partial charge in [0.05, 0.1) is 23.7 Å². The van der Waals surface area contributed by atoms with Crippen LogP contribution in [-0.4, -0.2) is 15.9 Å². The number of hydrogen-bond donors (Lipinski definition) is 0. The number of carbonyl (C=O) groups is 1. The lowest BCUT2D eigenvalue weighted by molar-refractivity contribution is 0.0722. The Hall–Kier alpha value is -3.08. The Morgan fingerprint density at radius 3 is 2.09 bits per heavy atom. The van der Waals surface area contributed by atoms with Gasteiger partial charge in [-0.3, -0.25) is 0 Å². The summed E-state index contributed by atoms with van der Waals surface area (Å²) in [6.07, 6.45) is 15.6. The van der Waals surface area contributed by atoms with Gasteiger partial charge in [0.1, 0.15) is 5.82 Å². The monoisotopic (exact) mass is 476 g/mol. The predicted octanol–water partition coefficient (Wildman–Crippen LogP) is 8.14. The molecular formula is C30H37FN2O2. The number of esters is 1. The Kier molecular flexibility index (Phi) is 10.9. The second kappa shape index (κ2) is 14.3. The average molecular weight is 477 g/mol. The Morgan fingerprint density at radius 1 is 0.771 bits per heavy atom. The number of benzene rings is 2. The van der Waals surface area contributed by atoms with Gasteiger partial charge in [0.15, 0.2) is 0 Å². The summed E-state index contributed by atoms with van der Waals surface area (Å²) >= 11 is 0. The zero-order valence-corrected chi connectivity index (χ0v) is 21.1. The fourth-order valence-corrected chi connectivity index (χ4v) is 4.08. The first-order valence-electron chi connectivity index (χ1n) is 13.0. The van der Waals surface area contributed by atoms with Crippen LogP contribution in [0.2, 0.25) is 0 Å². The average Bonchev–Trinajstić information content (AvgIpc) is 2.87. The molecule has 3 rings (SSSR count). The highest BCUT2D eigenvalue weighted by Gasteiger charge is 2.16. The predicted molar refractivity (Wildman–Crippen MR) is 139 cm³/mol. The number of aryl methyl sites for hydroxylation is 2. The summed E-state index contributed by atoms with van der Waals surface area (Å²) in [5, 5.41) is 0. The van der Waals surface area contributed by atoms with E-state index in [9.17, 15) is 9.18 Å². The minimum absolute atomic E-state index is 0.0468. The SMILES string of the molecule is CCCCCCCCc1ccc(C(=O)Oc2cnc(-c3ccc(CCCCC)cc3)cn2)c(F)c1. The lowest BCUT2D eigenvalue weighted by atomic mass is 10.0. The van der Waals surface area contributed by atoms with Crippen LogP contribution in [0.1, 0.15) is 93.1 Å². The van der Waals surface area contributed by atoms with Crippen molar-refractivity contribution in [3.8, 4) is 17.1 Å². The van der Waals surface area contributed by atoms with E-state index in [-0.39, 0.29) is 11.4 Å². The first kappa shape index (κ1) is 26.5. The number of rotatable bonds is 14. The molecule has 35 heavy (non-hydrogen) atoms. The van der Waals surface area contributed by atoms with Crippen LogP contribution < -0.4 is 4.74 Å². The zero-order valence-electron chi connectivity index (χ0n) is 21.1. The van der Waals surface area contributed by atoms with Gasteiger partial charge in [-0.15, -0.1) is 0 Å². The molecular weight excluding hydrogens is 439 g/mol. The molecule has 0 aliphatic heterocycles. The molecule has 1 aromatic heterocycles. The van der Waals surface area contributed by atoms with Gasteiger partial charge in [-0.05, 0) is 48.9 Å². The summed E-state index contributed by atoms with van der Waals surface area (Å²) in [6, 6.07) is 13.0. The largest absolute Gasteiger partial charge is 0.402 e. The highest BCUT2D eigenvalue weighted by molar-refractivity contribution is 5.91. The van der Waals surface area contributed by atoms with Crippen LogP contribution in [0, 0.1) is 5.82 Å². The third kappa shape index (κ3) is 8.57. The Bertz CT molecular complexity index is 1050. The van der Waals surface area contributed by atoms with Gasteiger partial charge in [-0.2, -0.15) is 0 Å². The molecule has 0 unspecified atom stereocenters. The maximum absolute atomic E-state index is 14.6. The molecule has 186 valence electrons. The van der Waals surface area contributed by atoms with E-state index in [1.807, 2.05) is 12.1 Å². The van der Waals surface area contributed by atoms with Gasteiger partial charge in [-0.1, -0.05) is 89.1 Å². The lowest BCUT2D eigenvalue weighted by Gasteiger charge is -2.08. The maximum atomic E-state index is 14.6. The van der Waals surface area contributed by atoms with Crippen LogP contribution in [0.15, 0.2) is 54.9 Å². The maximum Gasteiger partial charge on any atom is 0.347 e. The fourth-order valence-electron chi connectivity index (χ4n) is 4.08. The molecule has 0 N–H and O–H groups in total. The second-order valence-electron chi connectivity index (χ2n) is 9.12. The number of halogens is 1. The molecule has 0 fully saturated rings. The number of unbranched alkanes of at least 4 members (excludes halogenated alkanes) is 7. The van der Waals surface area contributed by atoms with Gasteiger partial charge in [-0.25, -0.2) is 19.2 Å². The zero-order chi connectivity index (χ0) is 24.9. The molecule has 0 atom stereocenters. The number of ether oxygens (including phenoxy) is 1. The second-order valence-corrected chi connectivity index (χ2v) is 9.12. The first-order valence-corrected chi connectivity index (χ1v) is 13.0. The van der Waals surface area contributed by atoms with Crippen molar-refractivity contribution in [3.63, 3.8) is 0 Å². The summed E-state index contributed by atoms with van der Waals surface area (Å²) in [4.78, 5) is 21.0. The van der Waals surface area contributed by atoms with Crippen LogP contribution in [0.5, 0.6) is 5.88 Å². The third-order valence-corrected chi connectivity index (χ3v) is 6.22. The van der Waals surface area contributed by atoms with Crippen LogP contribution >= 0.6 is 0 Å². The highest BCUT2D eigenvalue weighted by Crippen LogP contribution is 2.20. The van der Waals surface area contributed by atoms with E-state index in [0.717, 1.165) is 36.8 Å². The molecule has 5 heteroatoms. The van der Waals surface area contributed by atoms with E-state index in [4.69, 9.17) is 4.74 Å². The fraction of sp³-hybridized carbons (Fsp3) is 0.433. The van der Waals surface area contributed by atoms with Crippen LogP contribution in [-0.2, 0) is 12.8 Å². The number of carbonyl (C=O) groups excluding carboxylic acids is 1. The summed E-state index contributed by atoms with van der Waals surface area (Å²) in [5.41, 5.74) is 3.74. The van der Waals surface area contributed by atoms with Crippen molar-refractivity contribution in [2.24, 2.45) is 0 Å². The molecule has 1 heterocycles. The van der Waals surface area contributed by atoms with Gasteiger partial charge in [0, 0.05) is 5.56 Å². The van der Waals surface area contributed by atoms with Crippen LogP contribution in [0.4, 0.5) is 4.39 Å². The first-order chi connectivity index (χ1) is 17.1. The van der Waals surface area contributed by atoms with Gasteiger partial charge < -0.3 is 4.74 Å². The summed E-state index contributed by atoms with van der Waals surface area (Å²) in [5.74, 6) is -1.29. The van der Waals surface area contributed by atoms with E-state index >= 15 is 0 Å². The Morgan fingerprint density at radius 2 is 1.40 bits per heavy atom. The highest BCUT2D eigenvalue weighted by atomic mass is 19.1. The molecule has 0 amide bonds. The number of nitrogens with zero attached hydrogens (tertiary/aromatic N) is 2. The molecule has 0 radical (unpaired) electrons. The van der Waals surface area contributed by atoms with Crippen LogP contribution in [0.25, 0.3) is 11.3 Å². The van der Waals surface area contributed by atoms with Gasteiger partial charge in [0.25, 0.3) is 0 Å². The third-order valence-electron chi connectivity index (χ3n) is 6.22. The molecule has 4 nitrogen and oxygen atoms in total. The summed E-state index contributed by atoms with van der Waals surface area (Å²) in [6.45, 7) is 4.40. The molecule has 0 saturated heterocycles. The van der Waals surface area contributed by atoms with Crippen molar-refractivity contribution >= 4 is 5.97 Å². The molecule has 3 aromatic rings. The number of aromatic nitrogens is 2. The smallest absolute Gasteiger partial charge is 0.347 e. The van der Waals surface area contributed by atoms with Gasteiger partial charge in [0.2, 0.25) is 5.88 Å². The van der Waals surface area contributed by atoms with Crippen molar-refractivity contribution < 1.29 is 13.9 Å². The van der Waals surface area contributed by atoms with Crippen molar-refractivity contribution in [2.45, 2.75) is 84.5 Å². The molecule has 0 aliphatic carbocycles. The van der Waals surface area contributed by atoms with E-state index in [1.54, 1.807) is 12.3 Å². The number of hydrogen-bond acceptors (Lipinski definition) is 4. The van der Waals surface area contributed by atoms with Gasteiger partial charge >= 0.3 is 5.97 Å². The summed E-state index contributed by atoms with van der Waals surface area (Å²) < 4.78 is 19.8. The summed E-state index contributed by atoms with van der Waals surface area (Å²) in [7, 11) is 0. The minimum Gasteiger partial charge on any atom is -0.402 e. The lowest BCUT2D eigenvalue weighted by Crippen LogP contribution is -2.12. The molecule has 0 aliphatic rings.